The van der Waals surface area contributed by atoms with Gasteiger partial charge in [-0.2, -0.15) is 0 Å². The lowest BCUT2D eigenvalue weighted by atomic mass is 10.1. The molecule has 0 aromatic heterocycles. The molecule has 0 unspecified atom stereocenters. The quantitative estimate of drug-likeness (QED) is 0.639. The van der Waals surface area contributed by atoms with Crippen molar-refractivity contribution in [1.82, 2.24) is 0 Å². The highest BCUT2D eigenvalue weighted by Gasteiger charge is 2.19. The van der Waals surface area contributed by atoms with E-state index in [9.17, 15) is 9.59 Å². The highest BCUT2D eigenvalue weighted by molar-refractivity contribution is 6.00. The summed E-state index contributed by atoms with van der Waals surface area (Å²) in [5.74, 6) is 0.565. The fourth-order valence-electron chi connectivity index (χ4n) is 1.54. The van der Waals surface area contributed by atoms with Crippen LogP contribution in [-0.4, -0.2) is 12.3 Å². The Balaban J connectivity index is 2.41. The van der Waals surface area contributed by atoms with Crippen molar-refractivity contribution in [2.45, 2.75) is 12.8 Å². The molecule has 0 fully saturated rings. The van der Waals surface area contributed by atoms with Crippen LogP contribution in [0.15, 0.2) is 18.2 Å². The number of carbonyl (C=O) groups is 2. The number of hydrogen-bond donors (Lipinski definition) is 0. The summed E-state index contributed by atoms with van der Waals surface area (Å²) in [7, 11) is 0. The van der Waals surface area contributed by atoms with Crippen LogP contribution >= 0.6 is 0 Å². The third-order valence-corrected chi connectivity index (χ3v) is 2.19. The van der Waals surface area contributed by atoms with Crippen molar-refractivity contribution in [2.24, 2.45) is 0 Å². The summed E-state index contributed by atoms with van der Waals surface area (Å²) >= 11 is 0. The van der Waals surface area contributed by atoms with E-state index in [1.807, 2.05) is 6.07 Å². The zero-order chi connectivity index (χ0) is 9.26. The summed E-state index contributed by atoms with van der Waals surface area (Å²) in [5, 5.41) is 0. The van der Waals surface area contributed by atoms with Crippen LogP contribution in [0.3, 0.4) is 0 Å². The van der Waals surface area contributed by atoms with Gasteiger partial charge >= 0.3 is 0 Å². The number of rotatable bonds is 2. The van der Waals surface area contributed by atoms with Crippen LogP contribution in [0.5, 0.6) is 5.75 Å². The minimum absolute atomic E-state index is 0.131. The number of ether oxygens (including phenoxy) is 1. The van der Waals surface area contributed by atoms with Crippen molar-refractivity contribution < 1.29 is 14.3 Å². The van der Waals surface area contributed by atoms with E-state index in [0.29, 0.717) is 24.2 Å². The molecule has 0 N–H and O–H groups in total. The van der Waals surface area contributed by atoms with Gasteiger partial charge in [-0.25, -0.2) is 0 Å². The number of Topliss-reactive ketones (excluding diaryl/α,β-unsaturated/α-hetero) is 1. The van der Waals surface area contributed by atoms with Crippen molar-refractivity contribution in [1.29, 1.82) is 0 Å². The van der Waals surface area contributed by atoms with Crippen LogP contribution in [0.2, 0.25) is 0 Å². The normalized spacial score (nSPS) is 14.0. The molecule has 0 radical (unpaired) electrons. The van der Waals surface area contributed by atoms with E-state index in [1.165, 1.54) is 0 Å². The monoisotopic (exact) mass is 176 g/mol. The second kappa shape index (κ2) is 3.01. The van der Waals surface area contributed by atoms with Gasteiger partial charge in [0.25, 0.3) is 6.47 Å². The van der Waals surface area contributed by atoms with Gasteiger partial charge in [0.2, 0.25) is 0 Å². The Hall–Kier alpha value is -1.64. The number of benzene rings is 1. The molecule has 66 valence electrons. The Bertz CT molecular complexity index is 368. The number of aryl methyl sites for hydroxylation is 1. The third kappa shape index (κ3) is 1.33. The second-order valence-corrected chi connectivity index (χ2v) is 2.96. The van der Waals surface area contributed by atoms with Crippen molar-refractivity contribution in [3.63, 3.8) is 0 Å². The van der Waals surface area contributed by atoms with Crippen LogP contribution in [0.4, 0.5) is 0 Å². The summed E-state index contributed by atoms with van der Waals surface area (Å²) in [6.07, 6.45) is 1.37. The minimum Gasteiger partial charge on any atom is -0.429 e. The molecule has 3 nitrogen and oxygen atoms in total. The molecule has 2 rings (SSSR count). The number of hydrogen-bond acceptors (Lipinski definition) is 3. The summed E-state index contributed by atoms with van der Waals surface area (Å²) in [6, 6.07) is 5.16. The van der Waals surface area contributed by atoms with E-state index in [0.717, 1.165) is 12.0 Å². The molecule has 0 spiro atoms. The van der Waals surface area contributed by atoms with Crippen molar-refractivity contribution in [3.8, 4) is 5.75 Å². The Kier molecular flexibility index (Phi) is 1.85. The first-order chi connectivity index (χ1) is 6.31. The van der Waals surface area contributed by atoms with E-state index in [1.54, 1.807) is 12.1 Å². The number of fused-ring (bicyclic) bond motifs is 1. The van der Waals surface area contributed by atoms with E-state index >= 15 is 0 Å². The van der Waals surface area contributed by atoms with Gasteiger partial charge in [0.15, 0.2) is 5.78 Å². The molecule has 0 heterocycles. The SMILES string of the molecule is O=COc1ccc2c(c1)C(=O)CC2. The van der Waals surface area contributed by atoms with Crippen LogP contribution in [0.25, 0.3) is 0 Å². The highest BCUT2D eigenvalue weighted by Crippen LogP contribution is 2.25. The largest absolute Gasteiger partial charge is 0.429 e. The lowest BCUT2D eigenvalue weighted by Gasteiger charge is -2.00. The average Bonchev–Trinajstić information content (AvgIpc) is 2.49. The van der Waals surface area contributed by atoms with Crippen LogP contribution in [0.1, 0.15) is 22.3 Å². The molecule has 13 heavy (non-hydrogen) atoms. The molecule has 0 bridgehead atoms. The molecule has 0 saturated heterocycles. The van der Waals surface area contributed by atoms with Crippen LogP contribution in [0, 0.1) is 0 Å². The molecule has 0 amide bonds. The first-order valence-electron chi connectivity index (χ1n) is 4.07. The molecule has 1 aromatic rings. The smallest absolute Gasteiger partial charge is 0.298 e. The molecule has 3 heteroatoms. The third-order valence-electron chi connectivity index (χ3n) is 2.19. The number of carbonyl (C=O) groups excluding carboxylic acids is 2. The van der Waals surface area contributed by atoms with Crippen LogP contribution < -0.4 is 4.74 Å². The molecular weight excluding hydrogens is 168 g/mol. The first kappa shape index (κ1) is 7.98. The van der Waals surface area contributed by atoms with Crippen molar-refractivity contribution in [3.05, 3.63) is 29.3 Å². The summed E-state index contributed by atoms with van der Waals surface area (Å²) in [4.78, 5) is 21.3. The highest BCUT2D eigenvalue weighted by atomic mass is 16.5. The topological polar surface area (TPSA) is 43.4 Å². The van der Waals surface area contributed by atoms with E-state index < -0.39 is 0 Å². The summed E-state index contributed by atoms with van der Waals surface area (Å²) in [6.45, 7) is 0.362. The maximum absolute atomic E-state index is 11.3. The zero-order valence-electron chi connectivity index (χ0n) is 6.95. The van der Waals surface area contributed by atoms with Gasteiger partial charge in [-0.3, -0.25) is 9.59 Å². The Morgan fingerprint density at radius 2 is 2.15 bits per heavy atom. The average molecular weight is 176 g/mol. The number of ketones is 1. The Morgan fingerprint density at radius 1 is 1.31 bits per heavy atom. The predicted molar refractivity (Wildman–Crippen MR) is 45.8 cm³/mol. The lowest BCUT2D eigenvalue weighted by molar-refractivity contribution is -0.120. The van der Waals surface area contributed by atoms with Gasteiger partial charge in [0.1, 0.15) is 5.75 Å². The Labute approximate surface area is 75.3 Å². The van der Waals surface area contributed by atoms with Gasteiger partial charge in [-0.05, 0) is 24.1 Å². The second-order valence-electron chi connectivity index (χ2n) is 2.96. The molecule has 1 aromatic carbocycles. The molecule has 0 aliphatic heterocycles. The van der Waals surface area contributed by atoms with Gasteiger partial charge in [0.05, 0.1) is 0 Å². The fraction of sp³-hybridized carbons (Fsp3) is 0.200. The first-order valence-corrected chi connectivity index (χ1v) is 4.07. The van der Waals surface area contributed by atoms with Gasteiger partial charge in [-0.1, -0.05) is 6.07 Å². The predicted octanol–water partition coefficient (Wildman–Crippen LogP) is 1.35. The zero-order valence-corrected chi connectivity index (χ0v) is 6.95. The van der Waals surface area contributed by atoms with Crippen molar-refractivity contribution in [2.75, 3.05) is 0 Å². The molecule has 0 atom stereocenters. The summed E-state index contributed by atoms with van der Waals surface area (Å²) in [5.41, 5.74) is 1.74. The fourth-order valence-corrected chi connectivity index (χ4v) is 1.54. The van der Waals surface area contributed by atoms with Gasteiger partial charge in [0, 0.05) is 12.0 Å². The van der Waals surface area contributed by atoms with E-state index in [2.05, 4.69) is 4.74 Å². The van der Waals surface area contributed by atoms with E-state index in [-0.39, 0.29) is 5.78 Å². The standard InChI is InChI=1S/C10H8O3/c11-6-13-8-3-1-7-2-4-10(12)9(7)5-8/h1,3,5-6H,2,4H2. The summed E-state index contributed by atoms with van der Waals surface area (Å²) < 4.78 is 4.65. The maximum Gasteiger partial charge on any atom is 0.298 e. The van der Waals surface area contributed by atoms with Gasteiger partial charge in [-0.15, -0.1) is 0 Å². The van der Waals surface area contributed by atoms with Crippen LogP contribution in [-0.2, 0) is 11.2 Å². The molecular formula is C10H8O3. The molecule has 0 saturated carbocycles. The van der Waals surface area contributed by atoms with Gasteiger partial charge < -0.3 is 4.74 Å². The van der Waals surface area contributed by atoms with Crippen molar-refractivity contribution >= 4 is 12.3 Å². The minimum atomic E-state index is 0.131. The molecule has 1 aliphatic carbocycles. The molecule has 1 aliphatic rings. The Morgan fingerprint density at radius 3 is 2.92 bits per heavy atom. The maximum atomic E-state index is 11.3. The van der Waals surface area contributed by atoms with E-state index in [4.69, 9.17) is 0 Å². The lowest BCUT2D eigenvalue weighted by Crippen LogP contribution is -1.94.